The Labute approximate surface area is 144 Å². The van der Waals surface area contributed by atoms with Gasteiger partial charge in [0.2, 0.25) is 0 Å². The van der Waals surface area contributed by atoms with E-state index in [1.165, 1.54) is 11.8 Å². The van der Waals surface area contributed by atoms with Crippen molar-refractivity contribution in [2.24, 2.45) is 0 Å². The van der Waals surface area contributed by atoms with Gasteiger partial charge in [-0.05, 0) is 24.1 Å². The van der Waals surface area contributed by atoms with Crippen molar-refractivity contribution >= 4 is 5.91 Å². The first-order chi connectivity index (χ1) is 12.2. The number of hydrogen-bond donors (Lipinski definition) is 2. The van der Waals surface area contributed by atoms with Crippen molar-refractivity contribution in [3.8, 4) is 11.4 Å². The number of rotatable bonds is 4. The molecule has 4 rings (SSSR count). The van der Waals surface area contributed by atoms with Gasteiger partial charge >= 0.3 is 0 Å². The van der Waals surface area contributed by atoms with Gasteiger partial charge in [-0.1, -0.05) is 30.3 Å². The van der Waals surface area contributed by atoms with E-state index in [0.29, 0.717) is 17.3 Å². The average Bonchev–Trinajstić information content (AvgIpc) is 3.42. The van der Waals surface area contributed by atoms with Crippen LogP contribution in [0.5, 0.6) is 0 Å². The van der Waals surface area contributed by atoms with E-state index >= 15 is 0 Å². The van der Waals surface area contributed by atoms with E-state index in [0.717, 1.165) is 6.42 Å². The molecule has 2 aromatic heterocycles. The minimum absolute atomic E-state index is 0.0198. The fourth-order valence-electron chi connectivity index (χ4n) is 2.88. The summed E-state index contributed by atoms with van der Waals surface area (Å²) in [4.78, 5) is 35.4. The number of amides is 1. The van der Waals surface area contributed by atoms with Gasteiger partial charge in [0.25, 0.3) is 11.5 Å². The Morgan fingerprint density at radius 2 is 1.96 bits per heavy atom. The van der Waals surface area contributed by atoms with Gasteiger partial charge in [0.15, 0.2) is 0 Å². The SMILES string of the molecule is O=C(N[C@@H]1C[C@H]1c1ccccc1)c1cnc(-c2cccnc2)[nH]c1=O. The summed E-state index contributed by atoms with van der Waals surface area (Å²) in [5.41, 5.74) is 1.46. The molecule has 0 spiro atoms. The van der Waals surface area contributed by atoms with Crippen molar-refractivity contribution in [1.82, 2.24) is 20.3 Å². The van der Waals surface area contributed by atoms with E-state index in [9.17, 15) is 9.59 Å². The minimum Gasteiger partial charge on any atom is -0.348 e. The maximum absolute atomic E-state index is 12.4. The first-order valence-corrected chi connectivity index (χ1v) is 8.08. The lowest BCUT2D eigenvalue weighted by Crippen LogP contribution is -2.32. The van der Waals surface area contributed by atoms with Crippen LogP contribution in [0.15, 0.2) is 65.8 Å². The molecule has 1 aromatic carbocycles. The predicted molar refractivity (Wildman–Crippen MR) is 93.1 cm³/mol. The molecule has 1 saturated carbocycles. The largest absolute Gasteiger partial charge is 0.348 e. The van der Waals surface area contributed by atoms with Gasteiger partial charge in [-0.15, -0.1) is 0 Å². The molecule has 124 valence electrons. The highest BCUT2D eigenvalue weighted by molar-refractivity contribution is 5.94. The summed E-state index contributed by atoms with van der Waals surface area (Å²) in [7, 11) is 0. The highest BCUT2D eigenvalue weighted by Crippen LogP contribution is 2.40. The Balaban J connectivity index is 1.47. The number of H-pyrrole nitrogens is 1. The molecule has 1 aliphatic rings. The quantitative estimate of drug-likeness (QED) is 0.766. The number of aromatic nitrogens is 3. The van der Waals surface area contributed by atoms with Crippen LogP contribution in [0.1, 0.15) is 28.3 Å². The van der Waals surface area contributed by atoms with Crippen molar-refractivity contribution < 1.29 is 4.79 Å². The van der Waals surface area contributed by atoms with Crippen LogP contribution in [0.4, 0.5) is 0 Å². The number of nitrogens with zero attached hydrogens (tertiary/aromatic N) is 2. The van der Waals surface area contributed by atoms with Crippen LogP contribution in [-0.2, 0) is 0 Å². The molecule has 2 N–H and O–H groups in total. The van der Waals surface area contributed by atoms with Crippen molar-refractivity contribution in [3.63, 3.8) is 0 Å². The first kappa shape index (κ1) is 15.3. The smallest absolute Gasteiger partial charge is 0.264 e. The van der Waals surface area contributed by atoms with E-state index in [1.807, 2.05) is 30.3 Å². The van der Waals surface area contributed by atoms with Crippen LogP contribution in [0.25, 0.3) is 11.4 Å². The molecule has 3 aromatic rings. The normalized spacial score (nSPS) is 18.6. The summed E-state index contributed by atoms with van der Waals surface area (Å²) in [6.07, 6.45) is 5.44. The lowest BCUT2D eigenvalue weighted by molar-refractivity contribution is 0.0948. The molecular weight excluding hydrogens is 316 g/mol. The zero-order valence-corrected chi connectivity index (χ0v) is 13.3. The Hall–Kier alpha value is -3.28. The first-order valence-electron chi connectivity index (χ1n) is 8.08. The molecule has 6 nitrogen and oxygen atoms in total. The number of carbonyl (C=O) groups is 1. The van der Waals surface area contributed by atoms with Crippen LogP contribution in [0, 0.1) is 0 Å². The van der Waals surface area contributed by atoms with E-state index in [2.05, 4.69) is 20.3 Å². The van der Waals surface area contributed by atoms with Crippen molar-refractivity contribution in [2.45, 2.75) is 18.4 Å². The third-order valence-electron chi connectivity index (χ3n) is 4.31. The Morgan fingerprint density at radius 3 is 2.68 bits per heavy atom. The summed E-state index contributed by atoms with van der Waals surface area (Å²) in [6, 6.07) is 13.6. The van der Waals surface area contributed by atoms with E-state index in [-0.39, 0.29) is 11.6 Å². The van der Waals surface area contributed by atoms with E-state index in [4.69, 9.17) is 0 Å². The summed E-state index contributed by atoms with van der Waals surface area (Å²) >= 11 is 0. The molecule has 1 fully saturated rings. The van der Waals surface area contributed by atoms with Gasteiger partial charge < -0.3 is 10.3 Å². The maximum atomic E-state index is 12.4. The van der Waals surface area contributed by atoms with Gasteiger partial charge in [-0.2, -0.15) is 0 Å². The minimum atomic E-state index is -0.455. The number of pyridine rings is 1. The molecule has 1 amide bonds. The molecule has 6 heteroatoms. The van der Waals surface area contributed by atoms with Crippen molar-refractivity contribution in [2.75, 3.05) is 0 Å². The summed E-state index contributed by atoms with van der Waals surface area (Å²) < 4.78 is 0. The molecular formula is C19H16N4O2. The number of carbonyl (C=O) groups excluding carboxylic acids is 1. The van der Waals surface area contributed by atoms with Crippen LogP contribution < -0.4 is 10.9 Å². The fourth-order valence-corrected chi connectivity index (χ4v) is 2.88. The molecule has 0 bridgehead atoms. The Kier molecular flexibility index (Phi) is 3.85. The lowest BCUT2D eigenvalue weighted by atomic mass is 10.1. The highest BCUT2D eigenvalue weighted by atomic mass is 16.2. The van der Waals surface area contributed by atoms with Crippen LogP contribution in [0.3, 0.4) is 0 Å². The zero-order chi connectivity index (χ0) is 17.2. The predicted octanol–water partition coefficient (Wildman–Crippen LogP) is 2.12. The Bertz CT molecular complexity index is 954. The summed E-state index contributed by atoms with van der Waals surface area (Å²) in [6.45, 7) is 0. The number of benzene rings is 1. The van der Waals surface area contributed by atoms with E-state index in [1.54, 1.807) is 24.5 Å². The molecule has 2 heterocycles. The van der Waals surface area contributed by atoms with Gasteiger partial charge in [-0.3, -0.25) is 14.6 Å². The second-order valence-electron chi connectivity index (χ2n) is 6.05. The maximum Gasteiger partial charge on any atom is 0.264 e. The number of aromatic amines is 1. The highest BCUT2D eigenvalue weighted by Gasteiger charge is 2.39. The molecule has 2 atom stereocenters. The van der Waals surface area contributed by atoms with Gasteiger partial charge in [0, 0.05) is 36.1 Å². The monoisotopic (exact) mass is 332 g/mol. The summed E-state index contributed by atoms with van der Waals surface area (Å²) in [5, 5.41) is 2.91. The van der Waals surface area contributed by atoms with Crippen molar-refractivity contribution in [3.05, 3.63) is 82.5 Å². The summed E-state index contributed by atoms with van der Waals surface area (Å²) in [5.74, 6) is 0.310. The molecule has 0 aliphatic heterocycles. The third kappa shape index (κ3) is 3.19. The standard InChI is InChI=1S/C19H16N4O2/c24-18(22-16-9-14(16)12-5-2-1-3-6-12)15-11-21-17(23-19(15)25)13-7-4-8-20-10-13/h1-8,10-11,14,16H,9H2,(H,22,24)(H,21,23,25)/t14-,16+/m0/s1. The fraction of sp³-hybridized carbons (Fsp3) is 0.158. The molecule has 0 unspecified atom stereocenters. The average molecular weight is 332 g/mol. The van der Waals surface area contributed by atoms with Gasteiger partial charge in [0.05, 0.1) is 0 Å². The zero-order valence-electron chi connectivity index (χ0n) is 13.3. The van der Waals surface area contributed by atoms with Crippen LogP contribution in [0.2, 0.25) is 0 Å². The van der Waals surface area contributed by atoms with Crippen molar-refractivity contribution in [1.29, 1.82) is 0 Å². The lowest BCUT2D eigenvalue weighted by Gasteiger charge is -2.05. The number of nitrogens with one attached hydrogen (secondary N) is 2. The Morgan fingerprint density at radius 1 is 1.12 bits per heavy atom. The topological polar surface area (TPSA) is 87.7 Å². The number of hydrogen-bond acceptors (Lipinski definition) is 4. The molecule has 0 saturated heterocycles. The van der Waals surface area contributed by atoms with Gasteiger partial charge in [0.1, 0.15) is 11.4 Å². The van der Waals surface area contributed by atoms with Crippen LogP contribution in [-0.4, -0.2) is 26.9 Å². The third-order valence-corrected chi connectivity index (χ3v) is 4.31. The van der Waals surface area contributed by atoms with Crippen LogP contribution >= 0.6 is 0 Å². The second-order valence-corrected chi connectivity index (χ2v) is 6.05. The molecule has 0 radical (unpaired) electrons. The second kappa shape index (κ2) is 6.32. The van der Waals surface area contributed by atoms with Gasteiger partial charge in [-0.25, -0.2) is 4.98 Å². The molecule has 25 heavy (non-hydrogen) atoms. The molecule has 1 aliphatic carbocycles. The van der Waals surface area contributed by atoms with E-state index < -0.39 is 11.5 Å².